The van der Waals surface area contributed by atoms with Crippen LogP contribution < -0.4 is 0 Å². The summed E-state index contributed by atoms with van der Waals surface area (Å²) in [7, 11) is 0. The SMILES string of the molecule is OCC1CCOC(C(Cl)(Cl)Cl)O1. The Kier molecular flexibility index (Phi) is 3.89. The van der Waals surface area contributed by atoms with Gasteiger partial charge in [-0.1, -0.05) is 34.8 Å². The van der Waals surface area contributed by atoms with Crippen molar-refractivity contribution in [3.63, 3.8) is 0 Å². The fraction of sp³-hybridized carbons (Fsp3) is 1.00. The van der Waals surface area contributed by atoms with Crippen LogP contribution in [0.1, 0.15) is 6.42 Å². The number of aliphatic hydroxyl groups excluding tert-OH is 1. The molecule has 3 nitrogen and oxygen atoms in total. The van der Waals surface area contributed by atoms with E-state index in [0.29, 0.717) is 13.0 Å². The molecule has 1 aliphatic rings. The van der Waals surface area contributed by atoms with Gasteiger partial charge in [-0.25, -0.2) is 0 Å². The summed E-state index contributed by atoms with van der Waals surface area (Å²) in [5.41, 5.74) is 0. The number of ether oxygens (including phenoxy) is 2. The van der Waals surface area contributed by atoms with Crippen molar-refractivity contribution < 1.29 is 14.6 Å². The predicted molar refractivity (Wildman–Crippen MR) is 46.6 cm³/mol. The molecule has 1 rings (SSSR count). The molecule has 0 radical (unpaired) electrons. The molecule has 1 saturated heterocycles. The van der Waals surface area contributed by atoms with Crippen LogP contribution in [0.5, 0.6) is 0 Å². The average molecular weight is 235 g/mol. The second-order valence-electron chi connectivity index (χ2n) is 2.47. The Labute approximate surface area is 85.5 Å². The summed E-state index contributed by atoms with van der Waals surface area (Å²) in [4.78, 5) is 0. The fourth-order valence-corrected chi connectivity index (χ4v) is 1.24. The van der Waals surface area contributed by atoms with E-state index in [-0.39, 0.29) is 12.7 Å². The summed E-state index contributed by atoms with van der Waals surface area (Å²) in [6.07, 6.45) is -0.555. The van der Waals surface area contributed by atoms with Crippen molar-refractivity contribution in [2.75, 3.05) is 13.2 Å². The van der Waals surface area contributed by atoms with Gasteiger partial charge in [0.25, 0.3) is 0 Å². The van der Waals surface area contributed by atoms with Crippen LogP contribution >= 0.6 is 34.8 Å². The molecule has 2 unspecified atom stereocenters. The van der Waals surface area contributed by atoms with Crippen molar-refractivity contribution in [1.29, 1.82) is 0 Å². The lowest BCUT2D eigenvalue weighted by atomic mass is 10.2. The van der Waals surface area contributed by atoms with Crippen LogP contribution in [0.3, 0.4) is 0 Å². The minimum Gasteiger partial charge on any atom is -0.394 e. The van der Waals surface area contributed by atoms with Crippen LogP contribution in [0.15, 0.2) is 0 Å². The highest BCUT2D eigenvalue weighted by atomic mass is 35.6. The second kappa shape index (κ2) is 4.31. The maximum Gasteiger partial charge on any atom is 0.240 e. The van der Waals surface area contributed by atoms with E-state index < -0.39 is 10.1 Å². The lowest BCUT2D eigenvalue weighted by molar-refractivity contribution is -0.216. The van der Waals surface area contributed by atoms with Crippen LogP contribution in [-0.4, -0.2) is 34.5 Å². The summed E-state index contributed by atoms with van der Waals surface area (Å²) in [5.74, 6) is 0. The van der Waals surface area contributed by atoms with Crippen LogP contribution in [0.2, 0.25) is 0 Å². The third kappa shape index (κ3) is 2.91. The molecule has 1 heterocycles. The number of halogens is 3. The molecule has 0 aromatic rings. The molecule has 1 N–H and O–H groups in total. The molecule has 0 amide bonds. The summed E-state index contributed by atoms with van der Waals surface area (Å²) in [6.45, 7) is 0.352. The Hall–Kier alpha value is 0.750. The third-order valence-electron chi connectivity index (χ3n) is 1.50. The van der Waals surface area contributed by atoms with E-state index in [4.69, 9.17) is 49.4 Å². The maximum atomic E-state index is 8.76. The zero-order valence-electron chi connectivity index (χ0n) is 6.17. The minimum absolute atomic E-state index is 0.0827. The maximum absolute atomic E-state index is 8.76. The van der Waals surface area contributed by atoms with Crippen LogP contribution in [0.25, 0.3) is 0 Å². The van der Waals surface area contributed by atoms with E-state index in [1.165, 1.54) is 0 Å². The second-order valence-corrected chi connectivity index (χ2v) is 4.84. The molecule has 1 fully saturated rings. The van der Waals surface area contributed by atoms with Gasteiger partial charge in [0, 0.05) is 0 Å². The van der Waals surface area contributed by atoms with Gasteiger partial charge in [-0.3, -0.25) is 0 Å². The molecule has 2 atom stereocenters. The van der Waals surface area contributed by atoms with Gasteiger partial charge >= 0.3 is 0 Å². The van der Waals surface area contributed by atoms with Gasteiger partial charge in [0.1, 0.15) is 0 Å². The first-order chi connectivity index (χ1) is 5.54. The molecular weight excluding hydrogens is 226 g/mol. The highest BCUT2D eigenvalue weighted by Crippen LogP contribution is 2.35. The quantitative estimate of drug-likeness (QED) is 0.700. The molecule has 0 aromatic heterocycles. The van der Waals surface area contributed by atoms with Gasteiger partial charge in [-0.15, -0.1) is 0 Å². The predicted octanol–water partition coefficient (Wildman–Crippen LogP) is 1.48. The molecule has 0 spiro atoms. The Morgan fingerprint density at radius 1 is 1.42 bits per heavy atom. The molecule has 0 bridgehead atoms. The average Bonchev–Trinajstić information content (AvgIpc) is 2.03. The van der Waals surface area contributed by atoms with Crippen molar-refractivity contribution in [1.82, 2.24) is 0 Å². The topological polar surface area (TPSA) is 38.7 Å². The summed E-state index contributed by atoms with van der Waals surface area (Å²) >= 11 is 16.6. The van der Waals surface area contributed by atoms with Crippen LogP contribution in [0.4, 0.5) is 0 Å². The number of alkyl halides is 3. The lowest BCUT2D eigenvalue weighted by Gasteiger charge is -2.32. The first-order valence-electron chi connectivity index (χ1n) is 3.48. The Morgan fingerprint density at radius 3 is 2.58 bits per heavy atom. The van der Waals surface area contributed by atoms with Crippen LogP contribution in [-0.2, 0) is 9.47 Å². The largest absolute Gasteiger partial charge is 0.394 e. The van der Waals surface area contributed by atoms with E-state index in [2.05, 4.69) is 0 Å². The molecular formula is C6H9Cl3O3. The lowest BCUT2D eigenvalue weighted by Crippen LogP contribution is -2.41. The smallest absolute Gasteiger partial charge is 0.240 e. The van der Waals surface area contributed by atoms with Crippen molar-refractivity contribution in [2.45, 2.75) is 22.6 Å². The van der Waals surface area contributed by atoms with E-state index in [1.54, 1.807) is 0 Å². The van der Waals surface area contributed by atoms with Gasteiger partial charge in [-0.2, -0.15) is 0 Å². The summed E-state index contributed by atoms with van der Waals surface area (Å²) in [6, 6.07) is 0. The molecule has 0 saturated carbocycles. The van der Waals surface area contributed by atoms with E-state index in [0.717, 1.165) is 0 Å². The standard InChI is InChI=1S/C6H9Cl3O3/c7-6(8,9)5-11-2-1-4(3-10)12-5/h4-5,10H,1-3H2. The van der Waals surface area contributed by atoms with Crippen molar-refractivity contribution in [2.24, 2.45) is 0 Å². The molecule has 0 aliphatic carbocycles. The highest BCUT2D eigenvalue weighted by Gasteiger charge is 2.38. The van der Waals surface area contributed by atoms with Gasteiger partial charge in [0.15, 0.2) is 0 Å². The number of hydrogen-bond acceptors (Lipinski definition) is 3. The Balaban J connectivity index is 2.46. The highest BCUT2D eigenvalue weighted by molar-refractivity contribution is 6.67. The van der Waals surface area contributed by atoms with Gasteiger partial charge < -0.3 is 14.6 Å². The van der Waals surface area contributed by atoms with Crippen molar-refractivity contribution in [3.8, 4) is 0 Å². The van der Waals surface area contributed by atoms with Gasteiger partial charge in [0.2, 0.25) is 10.1 Å². The normalized spacial score (nSPS) is 32.0. The van der Waals surface area contributed by atoms with Crippen LogP contribution in [0, 0.1) is 0 Å². The first kappa shape index (κ1) is 10.8. The van der Waals surface area contributed by atoms with E-state index >= 15 is 0 Å². The molecule has 12 heavy (non-hydrogen) atoms. The zero-order valence-corrected chi connectivity index (χ0v) is 8.44. The Morgan fingerprint density at radius 2 is 2.08 bits per heavy atom. The number of rotatable bonds is 1. The first-order valence-corrected chi connectivity index (χ1v) is 4.62. The summed E-state index contributed by atoms with van der Waals surface area (Å²) < 4.78 is 8.59. The van der Waals surface area contributed by atoms with E-state index in [9.17, 15) is 0 Å². The Bertz CT molecular complexity index is 147. The van der Waals surface area contributed by atoms with Gasteiger partial charge in [-0.05, 0) is 6.42 Å². The monoisotopic (exact) mass is 234 g/mol. The summed E-state index contributed by atoms with van der Waals surface area (Å²) in [5, 5.41) is 8.76. The number of aliphatic hydroxyl groups is 1. The number of hydrogen-bond donors (Lipinski definition) is 1. The molecule has 6 heteroatoms. The van der Waals surface area contributed by atoms with E-state index in [1.807, 2.05) is 0 Å². The minimum atomic E-state index is -1.59. The molecule has 72 valence electrons. The molecule has 0 aromatic carbocycles. The van der Waals surface area contributed by atoms with Gasteiger partial charge in [0.05, 0.1) is 19.3 Å². The van der Waals surface area contributed by atoms with Crippen molar-refractivity contribution in [3.05, 3.63) is 0 Å². The fourth-order valence-electron chi connectivity index (χ4n) is 0.895. The van der Waals surface area contributed by atoms with Crippen molar-refractivity contribution >= 4 is 34.8 Å². The molecule has 1 aliphatic heterocycles. The third-order valence-corrected chi connectivity index (χ3v) is 2.03. The zero-order chi connectivity index (χ0) is 9.19.